The van der Waals surface area contributed by atoms with Crippen molar-refractivity contribution in [2.24, 2.45) is 0 Å². The maximum absolute atomic E-state index is 12.4. The molecule has 0 saturated carbocycles. The van der Waals surface area contributed by atoms with E-state index in [9.17, 15) is 4.79 Å². The first kappa shape index (κ1) is 18.9. The first-order valence-corrected chi connectivity index (χ1v) is 8.85. The summed E-state index contributed by atoms with van der Waals surface area (Å²) in [6.45, 7) is 3.96. The van der Waals surface area contributed by atoms with Gasteiger partial charge in [0.05, 0.1) is 17.7 Å². The molecule has 0 atom stereocenters. The van der Waals surface area contributed by atoms with Crippen LogP contribution in [0.1, 0.15) is 29.9 Å². The lowest BCUT2D eigenvalue weighted by Crippen LogP contribution is -2.13. The van der Waals surface area contributed by atoms with Gasteiger partial charge in [0.1, 0.15) is 11.4 Å². The number of aromatic nitrogens is 1. The van der Waals surface area contributed by atoms with Gasteiger partial charge in [-0.1, -0.05) is 0 Å². The summed E-state index contributed by atoms with van der Waals surface area (Å²) in [4.78, 5) is 16.6. The van der Waals surface area contributed by atoms with Crippen LogP contribution in [0.3, 0.4) is 0 Å². The number of hydrogen-bond donors (Lipinski definition) is 2. The van der Waals surface area contributed by atoms with Crippen LogP contribution in [0, 0.1) is 11.3 Å². The van der Waals surface area contributed by atoms with Crippen molar-refractivity contribution >= 4 is 23.0 Å². The smallest absolute Gasteiger partial charge is 0.274 e. The van der Waals surface area contributed by atoms with Crippen molar-refractivity contribution in [3.05, 3.63) is 78.1 Å². The number of amides is 1. The molecule has 2 aromatic carbocycles. The van der Waals surface area contributed by atoms with Crippen molar-refractivity contribution in [1.29, 1.82) is 5.26 Å². The van der Waals surface area contributed by atoms with Gasteiger partial charge in [-0.05, 0) is 74.5 Å². The van der Waals surface area contributed by atoms with Gasteiger partial charge in [0, 0.05) is 23.3 Å². The fraction of sp³-hybridized carbons (Fsp3) is 0.136. The average Bonchev–Trinajstić information content (AvgIpc) is 2.70. The number of nitrogens with one attached hydrogen (secondary N) is 2. The molecule has 0 aliphatic rings. The first-order chi connectivity index (χ1) is 13.5. The third-order valence-corrected chi connectivity index (χ3v) is 3.78. The van der Waals surface area contributed by atoms with Crippen molar-refractivity contribution in [3.63, 3.8) is 0 Å². The number of benzene rings is 2. The van der Waals surface area contributed by atoms with Crippen LogP contribution < -0.4 is 15.4 Å². The molecule has 140 valence electrons. The molecule has 2 N–H and O–H groups in total. The summed E-state index contributed by atoms with van der Waals surface area (Å²) in [5.74, 6) is 0.479. The maximum Gasteiger partial charge on any atom is 0.274 e. The Morgan fingerprint density at radius 3 is 2.32 bits per heavy atom. The molecule has 0 bridgehead atoms. The number of nitrogens with zero attached hydrogens (tertiary/aromatic N) is 2. The number of anilines is 3. The van der Waals surface area contributed by atoms with Crippen LogP contribution in [0.2, 0.25) is 0 Å². The molecule has 0 saturated heterocycles. The van der Waals surface area contributed by atoms with Crippen LogP contribution in [0.15, 0.2) is 66.9 Å². The maximum atomic E-state index is 12.4. The van der Waals surface area contributed by atoms with E-state index in [-0.39, 0.29) is 17.7 Å². The lowest BCUT2D eigenvalue weighted by Gasteiger charge is -2.11. The Morgan fingerprint density at radius 2 is 1.68 bits per heavy atom. The van der Waals surface area contributed by atoms with Gasteiger partial charge < -0.3 is 15.4 Å². The van der Waals surface area contributed by atoms with Crippen molar-refractivity contribution in [2.45, 2.75) is 20.0 Å². The highest BCUT2D eigenvalue weighted by Gasteiger charge is 2.09. The minimum Gasteiger partial charge on any atom is -0.491 e. The van der Waals surface area contributed by atoms with Gasteiger partial charge in [-0.25, -0.2) is 0 Å². The van der Waals surface area contributed by atoms with Crippen LogP contribution in [0.5, 0.6) is 5.75 Å². The summed E-state index contributed by atoms with van der Waals surface area (Å²) in [5, 5.41) is 14.9. The molecule has 0 radical (unpaired) electrons. The number of hydrogen-bond acceptors (Lipinski definition) is 5. The predicted octanol–water partition coefficient (Wildman–Crippen LogP) is 4.74. The highest BCUT2D eigenvalue weighted by atomic mass is 16.5. The minimum absolute atomic E-state index is 0.121. The van der Waals surface area contributed by atoms with E-state index in [1.54, 1.807) is 42.6 Å². The fourth-order valence-corrected chi connectivity index (χ4v) is 2.51. The summed E-state index contributed by atoms with van der Waals surface area (Å²) in [7, 11) is 0. The highest BCUT2D eigenvalue weighted by molar-refractivity contribution is 6.03. The Balaban J connectivity index is 1.67. The standard InChI is InChI=1S/C22H20N4O2/c1-15(2)28-20-9-7-17(8-10-20)25-19-11-12-24-21(13-19)22(27)26-18-5-3-16(14-23)4-6-18/h3-13,15H,1-2H3,(H,24,25)(H,26,27). The summed E-state index contributed by atoms with van der Waals surface area (Å²) in [6, 6.07) is 19.8. The molecule has 0 aliphatic heterocycles. The molecule has 3 rings (SSSR count). The number of ether oxygens (including phenoxy) is 1. The van der Waals surface area contributed by atoms with Crippen molar-refractivity contribution < 1.29 is 9.53 Å². The molecule has 0 unspecified atom stereocenters. The number of carbonyl (C=O) groups is 1. The van der Waals surface area contributed by atoms with Gasteiger partial charge in [0.15, 0.2) is 0 Å². The molecule has 0 fully saturated rings. The monoisotopic (exact) mass is 372 g/mol. The van der Waals surface area contributed by atoms with Gasteiger partial charge >= 0.3 is 0 Å². The molecule has 6 nitrogen and oxygen atoms in total. The molecule has 28 heavy (non-hydrogen) atoms. The second kappa shape index (κ2) is 8.69. The van der Waals surface area contributed by atoms with Crippen molar-refractivity contribution in [1.82, 2.24) is 4.98 Å². The number of nitriles is 1. The molecule has 1 aromatic heterocycles. The second-order valence-corrected chi connectivity index (χ2v) is 6.39. The average molecular weight is 372 g/mol. The van der Waals surface area contributed by atoms with Crippen molar-refractivity contribution in [2.75, 3.05) is 10.6 Å². The predicted molar refractivity (Wildman–Crippen MR) is 109 cm³/mol. The quantitative estimate of drug-likeness (QED) is 0.653. The van der Waals surface area contributed by atoms with E-state index >= 15 is 0 Å². The number of pyridine rings is 1. The highest BCUT2D eigenvalue weighted by Crippen LogP contribution is 2.21. The van der Waals surface area contributed by atoms with Crippen LogP contribution in [0.4, 0.5) is 17.1 Å². The van der Waals surface area contributed by atoms with E-state index in [4.69, 9.17) is 10.00 Å². The van der Waals surface area contributed by atoms with Crippen LogP contribution >= 0.6 is 0 Å². The summed E-state index contributed by atoms with van der Waals surface area (Å²) in [6.07, 6.45) is 1.70. The van der Waals surface area contributed by atoms with Gasteiger partial charge in [0.25, 0.3) is 5.91 Å². The number of carbonyl (C=O) groups excluding carboxylic acids is 1. The minimum atomic E-state index is -0.325. The number of rotatable bonds is 6. The van der Waals surface area contributed by atoms with E-state index in [2.05, 4.69) is 15.6 Å². The lowest BCUT2D eigenvalue weighted by atomic mass is 10.2. The van der Waals surface area contributed by atoms with Gasteiger partial charge in [-0.3, -0.25) is 9.78 Å². The van der Waals surface area contributed by atoms with Crippen LogP contribution in [-0.4, -0.2) is 17.0 Å². The molecule has 0 spiro atoms. The van der Waals surface area contributed by atoms with Gasteiger partial charge in [-0.2, -0.15) is 5.26 Å². The van der Waals surface area contributed by atoms with E-state index in [1.807, 2.05) is 44.2 Å². The topological polar surface area (TPSA) is 87.0 Å². The summed E-state index contributed by atoms with van der Waals surface area (Å²) < 4.78 is 5.63. The molecule has 3 aromatic rings. The third-order valence-electron chi connectivity index (χ3n) is 3.78. The first-order valence-electron chi connectivity index (χ1n) is 8.85. The Hall–Kier alpha value is -3.85. The molecule has 0 aliphatic carbocycles. The Bertz CT molecular complexity index is 990. The van der Waals surface area contributed by atoms with Crippen LogP contribution in [0.25, 0.3) is 0 Å². The van der Waals surface area contributed by atoms with E-state index in [0.29, 0.717) is 11.3 Å². The van der Waals surface area contributed by atoms with Gasteiger partial charge in [0.2, 0.25) is 0 Å². The van der Waals surface area contributed by atoms with Crippen LogP contribution in [-0.2, 0) is 0 Å². The zero-order valence-corrected chi connectivity index (χ0v) is 15.6. The fourth-order valence-electron chi connectivity index (χ4n) is 2.51. The Kier molecular flexibility index (Phi) is 5.87. The molecular weight excluding hydrogens is 352 g/mol. The second-order valence-electron chi connectivity index (χ2n) is 6.39. The molecule has 6 heteroatoms. The Morgan fingerprint density at radius 1 is 1.00 bits per heavy atom. The van der Waals surface area contributed by atoms with E-state index in [0.717, 1.165) is 17.1 Å². The SMILES string of the molecule is CC(C)Oc1ccc(Nc2ccnc(C(=O)Nc3ccc(C#N)cc3)c2)cc1. The van der Waals surface area contributed by atoms with Gasteiger partial charge in [-0.15, -0.1) is 0 Å². The zero-order chi connectivity index (χ0) is 19.9. The summed E-state index contributed by atoms with van der Waals surface area (Å²) in [5.41, 5.74) is 3.05. The molecule has 1 heterocycles. The van der Waals surface area contributed by atoms with Crippen molar-refractivity contribution in [3.8, 4) is 11.8 Å². The normalized spacial score (nSPS) is 10.2. The molecular formula is C22H20N4O2. The molecule has 1 amide bonds. The lowest BCUT2D eigenvalue weighted by molar-refractivity contribution is 0.102. The largest absolute Gasteiger partial charge is 0.491 e. The third kappa shape index (κ3) is 5.08. The zero-order valence-electron chi connectivity index (χ0n) is 15.6. The Labute approximate surface area is 163 Å². The summed E-state index contributed by atoms with van der Waals surface area (Å²) >= 11 is 0. The van der Waals surface area contributed by atoms with E-state index in [1.165, 1.54) is 0 Å². The van der Waals surface area contributed by atoms with E-state index < -0.39 is 0 Å².